The van der Waals surface area contributed by atoms with Crippen LogP contribution in [0.2, 0.25) is 0 Å². The van der Waals surface area contributed by atoms with Gasteiger partial charge in [0.05, 0.1) is 0 Å². The van der Waals surface area contributed by atoms with E-state index in [1.165, 1.54) is 6.92 Å². The van der Waals surface area contributed by atoms with Crippen molar-refractivity contribution in [2.75, 3.05) is 11.9 Å². The monoisotopic (exact) mass is 322 g/mol. The molecule has 5 nitrogen and oxygen atoms in total. The van der Waals surface area contributed by atoms with Crippen LogP contribution in [0.1, 0.15) is 38.0 Å². The third kappa shape index (κ3) is 4.39. The number of Topliss-reactive ketones (excluding diaryl/α,β-unsaturated/α-hetero) is 1. The number of hydrogen-bond donors (Lipinski definition) is 2. The maximum absolute atomic E-state index is 12.2. The first-order chi connectivity index (χ1) is 11.5. The summed E-state index contributed by atoms with van der Waals surface area (Å²) in [5.41, 5.74) is 1.96. The number of nitrogens with one attached hydrogen (secondary N) is 2. The largest absolute Gasteiger partial charge is 0.349 e. The summed E-state index contributed by atoms with van der Waals surface area (Å²) >= 11 is 0. The summed E-state index contributed by atoms with van der Waals surface area (Å²) in [5.74, 6) is -0.606. The summed E-state index contributed by atoms with van der Waals surface area (Å²) in [6.07, 6.45) is 1.59. The van der Waals surface area contributed by atoms with Gasteiger partial charge in [-0.25, -0.2) is 0 Å². The minimum absolute atomic E-state index is 0.0685. The summed E-state index contributed by atoms with van der Waals surface area (Å²) in [6.45, 7) is 5.38. The van der Waals surface area contributed by atoms with E-state index in [-0.39, 0.29) is 17.6 Å². The smallest absolute Gasteiger partial charge is 0.255 e. The Morgan fingerprint density at radius 2 is 1.58 bits per heavy atom. The Balaban J connectivity index is 2.07. The molecule has 0 saturated heterocycles. The molecule has 0 radical (unpaired) electrons. The first kappa shape index (κ1) is 17.1. The van der Waals surface area contributed by atoms with Gasteiger partial charge in [-0.15, -0.1) is 6.58 Å². The number of benzene rings is 2. The van der Waals surface area contributed by atoms with Gasteiger partial charge in [0.2, 0.25) is 0 Å². The molecular formula is C19H18N2O3. The van der Waals surface area contributed by atoms with Gasteiger partial charge in [-0.1, -0.05) is 18.2 Å². The highest BCUT2D eigenvalue weighted by Crippen LogP contribution is 2.13. The lowest BCUT2D eigenvalue weighted by molar-refractivity contribution is 0.0955. The zero-order chi connectivity index (χ0) is 17.5. The minimum Gasteiger partial charge on any atom is -0.349 e. The van der Waals surface area contributed by atoms with Crippen LogP contribution in [0.25, 0.3) is 0 Å². The Bertz CT molecular complexity index is 779. The number of amides is 2. The van der Waals surface area contributed by atoms with Crippen LogP contribution in [0.15, 0.2) is 61.2 Å². The molecule has 2 rings (SSSR count). The number of carbonyl (C=O) groups excluding carboxylic acids is 3. The Hall–Kier alpha value is -3.21. The van der Waals surface area contributed by atoms with E-state index in [1.807, 2.05) is 0 Å². The Morgan fingerprint density at radius 3 is 2.17 bits per heavy atom. The lowest BCUT2D eigenvalue weighted by Crippen LogP contribution is -2.23. The van der Waals surface area contributed by atoms with E-state index in [9.17, 15) is 14.4 Å². The molecule has 0 atom stereocenters. The van der Waals surface area contributed by atoms with Crippen LogP contribution in [0.4, 0.5) is 5.69 Å². The number of carbonyl (C=O) groups is 3. The average Bonchev–Trinajstić information content (AvgIpc) is 2.60. The van der Waals surface area contributed by atoms with Crippen molar-refractivity contribution >= 4 is 23.3 Å². The van der Waals surface area contributed by atoms with Gasteiger partial charge in [-0.05, 0) is 43.3 Å². The highest BCUT2D eigenvalue weighted by Gasteiger charge is 2.09. The van der Waals surface area contributed by atoms with E-state index in [0.29, 0.717) is 28.9 Å². The second-order valence-corrected chi connectivity index (χ2v) is 5.17. The van der Waals surface area contributed by atoms with Crippen molar-refractivity contribution < 1.29 is 14.4 Å². The number of hydrogen-bond acceptors (Lipinski definition) is 3. The van der Waals surface area contributed by atoms with Crippen LogP contribution in [-0.4, -0.2) is 24.1 Å². The van der Waals surface area contributed by atoms with E-state index in [4.69, 9.17) is 0 Å². The fourth-order valence-electron chi connectivity index (χ4n) is 2.06. The first-order valence-corrected chi connectivity index (χ1v) is 7.43. The van der Waals surface area contributed by atoms with E-state index in [2.05, 4.69) is 17.2 Å². The molecule has 2 aromatic rings. The molecule has 2 N–H and O–H groups in total. The normalized spacial score (nSPS) is 9.88. The lowest BCUT2D eigenvalue weighted by Gasteiger charge is -2.07. The van der Waals surface area contributed by atoms with Crippen LogP contribution >= 0.6 is 0 Å². The molecule has 0 aliphatic rings. The molecule has 2 aromatic carbocycles. The molecule has 0 saturated carbocycles. The van der Waals surface area contributed by atoms with E-state index < -0.39 is 0 Å². The van der Waals surface area contributed by atoms with Crippen molar-refractivity contribution in [3.63, 3.8) is 0 Å². The molecule has 122 valence electrons. The highest BCUT2D eigenvalue weighted by molar-refractivity contribution is 6.05. The number of ketones is 1. The predicted molar refractivity (Wildman–Crippen MR) is 93.4 cm³/mol. The van der Waals surface area contributed by atoms with Crippen molar-refractivity contribution in [3.05, 3.63) is 77.9 Å². The Morgan fingerprint density at radius 1 is 0.958 bits per heavy atom. The third-order valence-electron chi connectivity index (χ3n) is 3.34. The molecule has 0 aliphatic carbocycles. The molecule has 2 amide bonds. The van der Waals surface area contributed by atoms with Gasteiger partial charge in [-0.2, -0.15) is 0 Å². The van der Waals surface area contributed by atoms with Gasteiger partial charge >= 0.3 is 0 Å². The molecule has 0 aliphatic heterocycles. The highest BCUT2D eigenvalue weighted by atomic mass is 16.2. The lowest BCUT2D eigenvalue weighted by atomic mass is 10.1. The standard InChI is InChI=1S/C19H18N2O3/c1-3-11-20-18(23)14-7-9-15(10-8-14)19(24)21-17-6-4-5-16(12-17)13(2)22/h3-10,12H,1,11H2,2H3,(H,20,23)(H,21,24). The second-order valence-electron chi connectivity index (χ2n) is 5.17. The zero-order valence-corrected chi connectivity index (χ0v) is 13.3. The van der Waals surface area contributed by atoms with Gasteiger partial charge < -0.3 is 10.6 Å². The number of rotatable bonds is 6. The van der Waals surface area contributed by atoms with Gasteiger partial charge in [0.1, 0.15) is 0 Å². The number of anilines is 1. The summed E-state index contributed by atoms with van der Waals surface area (Å²) in [4.78, 5) is 35.4. The molecule has 0 aromatic heterocycles. The van der Waals surface area contributed by atoms with Crippen LogP contribution < -0.4 is 10.6 Å². The Kier molecular flexibility index (Phi) is 5.63. The van der Waals surface area contributed by atoms with Gasteiger partial charge in [-0.3, -0.25) is 14.4 Å². The van der Waals surface area contributed by atoms with Crippen LogP contribution in [0.5, 0.6) is 0 Å². The molecule has 0 spiro atoms. The summed E-state index contributed by atoms with van der Waals surface area (Å²) in [6, 6.07) is 13.0. The predicted octanol–water partition coefficient (Wildman–Crippen LogP) is 3.06. The third-order valence-corrected chi connectivity index (χ3v) is 3.34. The van der Waals surface area contributed by atoms with Crippen molar-refractivity contribution in [2.45, 2.75) is 6.92 Å². The van der Waals surface area contributed by atoms with Gasteiger partial charge in [0.15, 0.2) is 5.78 Å². The van der Waals surface area contributed by atoms with Crippen molar-refractivity contribution in [1.82, 2.24) is 5.32 Å². The van der Waals surface area contributed by atoms with E-state index >= 15 is 0 Å². The molecule has 0 unspecified atom stereocenters. The maximum Gasteiger partial charge on any atom is 0.255 e. The van der Waals surface area contributed by atoms with Crippen molar-refractivity contribution in [1.29, 1.82) is 0 Å². The quantitative estimate of drug-likeness (QED) is 0.634. The SMILES string of the molecule is C=CCNC(=O)c1ccc(C(=O)Nc2cccc(C(C)=O)c2)cc1. The van der Waals surface area contributed by atoms with Gasteiger partial charge in [0, 0.05) is 28.9 Å². The Labute approximate surface area is 140 Å². The van der Waals surface area contributed by atoms with Gasteiger partial charge in [0.25, 0.3) is 11.8 Å². The van der Waals surface area contributed by atoms with Crippen LogP contribution in [-0.2, 0) is 0 Å². The molecule has 24 heavy (non-hydrogen) atoms. The molecule has 0 heterocycles. The molecule has 0 fully saturated rings. The maximum atomic E-state index is 12.2. The van der Waals surface area contributed by atoms with Crippen molar-refractivity contribution in [2.24, 2.45) is 0 Å². The molecule has 0 bridgehead atoms. The average molecular weight is 322 g/mol. The summed E-state index contributed by atoms with van der Waals surface area (Å²) in [5, 5.41) is 5.40. The fraction of sp³-hybridized carbons (Fsp3) is 0.105. The fourth-order valence-corrected chi connectivity index (χ4v) is 2.06. The zero-order valence-electron chi connectivity index (χ0n) is 13.3. The van der Waals surface area contributed by atoms with Crippen LogP contribution in [0.3, 0.4) is 0 Å². The molecular weight excluding hydrogens is 304 g/mol. The van der Waals surface area contributed by atoms with E-state index in [1.54, 1.807) is 54.6 Å². The summed E-state index contributed by atoms with van der Waals surface area (Å²) in [7, 11) is 0. The minimum atomic E-state index is -0.311. The van der Waals surface area contributed by atoms with Crippen molar-refractivity contribution in [3.8, 4) is 0 Å². The van der Waals surface area contributed by atoms with E-state index in [0.717, 1.165) is 0 Å². The van der Waals surface area contributed by atoms with Crippen LogP contribution in [0, 0.1) is 0 Å². The first-order valence-electron chi connectivity index (χ1n) is 7.43. The topological polar surface area (TPSA) is 75.3 Å². The summed E-state index contributed by atoms with van der Waals surface area (Å²) < 4.78 is 0. The second kappa shape index (κ2) is 7.87. The molecule has 5 heteroatoms.